The molecule has 1 atom stereocenters. The van der Waals surface area contributed by atoms with Crippen LogP contribution in [-0.4, -0.2) is 66.4 Å². The number of halogens is 1. The van der Waals surface area contributed by atoms with Gasteiger partial charge in [0.2, 0.25) is 0 Å². The molecule has 2 heterocycles. The Hall–Kier alpha value is -3.88. The molecule has 1 fully saturated rings. The normalized spacial score (nSPS) is 15.6. The molecule has 3 aromatic rings. The highest BCUT2D eigenvalue weighted by Crippen LogP contribution is 2.38. The molecule has 0 bridgehead atoms. The molecule has 0 spiro atoms. The second-order valence-corrected chi connectivity index (χ2v) is 13.6. The Labute approximate surface area is 283 Å². The summed E-state index contributed by atoms with van der Waals surface area (Å²) in [6.45, 7) is 10.9. The molecule has 1 aliphatic heterocycles. The zero-order valence-corrected chi connectivity index (χ0v) is 28.7. The van der Waals surface area contributed by atoms with Crippen molar-refractivity contribution in [2.24, 2.45) is 0 Å². The molecular weight excluding hydrogens is 614 g/mol. The van der Waals surface area contributed by atoms with Gasteiger partial charge in [-0.05, 0) is 112 Å². The molecule has 9 heteroatoms. The molecule has 1 aromatic heterocycles. The number of carbonyl (C=O) groups excluding carboxylic acids is 2. The number of hydrogen-bond donors (Lipinski definition) is 1. The Balaban J connectivity index is 1.12. The van der Waals surface area contributed by atoms with Crippen molar-refractivity contribution in [1.29, 1.82) is 0 Å². The molecule has 2 aliphatic rings. The van der Waals surface area contributed by atoms with E-state index in [0.29, 0.717) is 6.61 Å². The molecular formula is C38H46ClN3O5. The van der Waals surface area contributed by atoms with Gasteiger partial charge in [0.1, 0.15) is 17.4 Å². The van der Waals surface area contributed by atoms with Gasteiger partial charge in [0, 0.05) is 42.8 Å². The van der Waals surface area contributed by atoms with Crippen LogP contribution in [0.15, 0.2) is 66.4 Å². The predicted octanol–water partition coefficient (Wildman–Crippen LogP) is 7.20. The number of alkyl carbamates (subject to hydrolysis) is 1. The van der Waals surface area contributed by atoms with Crippen molar-refractivity contribution in [3.63, 3.8) is 0 Å². The van der Waals surface area contributed by atoms with E-state index in [-0.39, 0.29) is 13.0 Å². The Morgan fingerprint density at radius 2 is 1.74 bits per heavy atom. The van der Waals surface area contributed by atoms with Crippen molar-refractivity contribution in [3.8, 4) is 5.75 Å². The van der Waals surface area contributed by atoms with Crippen molar-refractivity contribution in [3.05, 3.63) is 99.3 Å². The third kappa shape index (κ3) is 9.58. The summed E-state index contributed by atoms with van der Waals surface area (Å²) < 4.78 is 16.5. The highest BCUT2D eigenvalue weighted by Gasteiger charge is 2.27. The van der Waals surface area contributed by atoms with Crippen molar-refractivity contribution >= 4 is 29.2 Å². The third-order valence-corrected chi connectivity index (χ3v) is 8.69. The van der Waals surface area contributed by atoms with E-state index in [1.165, 1.54) is 27.8 Å². The molecule has 1 N–H and O–H groups in total. The molecule has 47 heavy (non-hydrogen) atoms. The van der Waals surface area contributed by atoms with Crippen LogP contribution >= 0.6 is 11.6 Å². The maximum Gasteiger partial charge on any atom is 0.408 e. The van der Waals surface area contributed by atoms with Crippen LogP contribution in [0.25, 0.3) is 5.57 Å². The first-order valence-electron chi connectivity index (χ1n) is 16.6. The Morgan fingerprint density at radius 1 is 1.00 bits per heavy atom. The fraction of sp³-hybridized carbons (Fsp3) is 0.447. The van der Waals surface area contributed by atoms with Gasteiger partial charge in [0.25, 0.3) is 0 Å². The first-order valence-corrected chi connectivity index (χ1v) is 17.0. The number of rotatable bonds is 10. The van der Waals surface area contributed by atoms with Crippen molar-refractivity contribution < 1.29 is 23.8 Å². The summed E-state index contributed by atoms with van der Waals surface area (Å²) in [5, 5.41) is 3.43. The number of nitrogens with one attached hydrogen (secondary N) is 1. The van der Waals surface area contributed by atoms with Gasteiger partial charge in [-0.2, -0.15) is 0 Å². The molecule has 5 rings (SSSR count). The maximum absolute atomic E-state index is 12.5. The number of pyridine rings is 1. The van der Waals surface area contributed by atoms with Crippen LogP contribution < -0.4 is 10.1 Å². The number of hydrogen-bond acceptors (Lipinski definition) is 7. The van der Waals surface area contributed by atoms with Crippen molar-refractivity contribution in [1.82, 2.24) is 15.2 Å². The van der Waals surface area contributed by atoms with Crippen LogP contribution in [0.1, 0.15) is 74.9 Å². The minimum absolute atomic E-state index is 0.227. The minimum Gasteiger partial charge on any atom is -0.494 e. The molecule has 2 aromatic carbocycles. The lowest BCUT2D eigenvalue weighted by molar-refractivity contribution is -0.145. The van der Waals surface area contributed by atoms with Crippen molar-refractivity contribution in [2.45, 2.75) is 77.9 Å². The number of carbonyl (C=O) groups is 2. The van der Waals surface area contributed by atoms with Crippen LogP contribution in [0.3, 0.4) is 0 Å². The quantitative estimate of drug-likeness (QED) is 0.182. The highest BCUT2D eigenvalue weighted by atomic mass is 35.5. The summed E-state index contributed by atoms with van der Waals surface area (Å²) >= 11 is 6.39. The molecule has 0 radical (unpaired) electrons. The molecule has 0 saturated carbocycles. The number of esters is 1. The topological polar surface area (TPSA) is 90.0 Å². The largest absolute Gasteiger partial charge is 0.494 e. The predicted molar refractivity (Wildman–Crippen MR) is 185 cm³/mol. The third-order valence-electron chi connectivity index (χ3n) is 8.45. The number of piperidine rings is 1. The number of benzene rings is 2. The summed E-state index contributed by atoms with van der Waals surface area (Å²) in [6, 6.07) is 17.3. The SMILES string of the molecule is CCOC(=O)[C@H](Cc1ccc(OCCCN2CCC(=C3c4ccc(Cl)cc4CCc4cccnc43)CC2)cc1)NC(=O)OC(C)(C)C. The molecule has 1 aliphatic carbocycles. The summed E-state index contributed by atoms with van der Waals surface area (Å²) in [7, 11) is 0. The van der Waals surface area contributed by atoms with Gasteiger partial charge in [-0.15, -0.1) is 0 Å². The first-order chi connectivity index (χ1) is 22.6. The monoisotopic (exact) mass is 659 g/mol. The van der Waals surface area contributed by atoms with Crippen LogP contribution in [-0.2, 0) is 33.5 Å². The fourth-order valence-electron chi connectivity index (χ4n) is 6.25. The van der Waals surface area contributed by atoms with E-state index in [1.807, 2.05) is 42.6 Å². The number of amides is 1. The van der Waals surface area contributed by atoms with Gasteiger partial charge in [0.15, 0.2) is 0 Å². The summed E-state index contributed by atoms with van der Waals surface area (Å²) in [6.07, 6.45) is 6.45. The van der Waals surface area contributed by atoms with Crippen LogP contribution in [0.4, 0.5) is 4.79 Å². The number of fused-ring (bicyclic) bond motifs is 2. The van der Waals surface area contributed by atoms with Crippen molar-refractivity contribution in [2.75, 3.05) is 32.8 Å². The van der Waals surface area contributed by atoms with Gasteiger partial charge in [-0.25, -0.2) is 9.59 Å². The second kappa shape index (κ2) is 15.8. The smallest absolute Gasteiger partial charge is 0.408 e. The van der Waals surface area contributed by atoms with Crippen LogP contribution in [0, 0.1) is 0 Å². The second-order valence-electron chi connectivity index (χ2n) is 13.1. The lowest BCUT2D eigenvalue weighted by Crippen LogP contribution is -2.45. The lowest BCUT2D eigenvalue weighted by Gasteiger charge is -2.30. The zero-order valence-electron chi connectivity index (χ0n) is 27.9. The molecule has 8 nitrogen and oxygen atoms in total. The highest BCUT2D eigenvalue weighted by molar-refractivity contribution is 6.30. The zero-order chi connectivity index (χ0) is 33.4. The van der Waals surface area contributed by atoms with Gasteiger partial charge in [-0.1, -0.05) is 41.4 Å². The number of ether oxygens (including phenoxy) is 3. The molecule has 1 saturated heterocycles. The Bertz CT molecular complexity index is 1570. The number of likely N-dealkylation sites (tertiary alicyclic amines) is 1. The molecule has 1 amide bonds. The van der Waals surface area contributed by atoms with E-state index in [4.69, 9.17) is 30.8 Å². The number of nitrogens with zero attached hydrogens (tertiary/aromatic N) is 2. The minimum atomic E-state index is -0.848. The Kier molecular flexibility index (Phi) is 11.6. The summed E-state index contributed by atoms with van der Waals surface area (Å²) in [5.41, 5.74) is 8.03. The van der Waals surface area contributed by atoms with Gasteiger partial charge < -0.3 is 24.4 Å². The fourth-order valence-corrected chi connectivity index (χ4v) is 6.45. The van der Waals surface area contributed by atoms with E-state index in [0.717, 1.165) is 73.8 Å². The van der Waals surface area contributed by atoms with Crippen LogP contribution in [0.5, 0.6) is 5.75 Å². The number of aryl methyl sites for hydroxylation is 2. The van der Waals surface area contributed by atoms with E-state index >= 15 is 0 Å². The van der Waals surface area contributed by atoms with E-state index in [9.17, 15) is 9.59 Å². The van der Waals surface area contributed by atoms with Gasteiger partial charge in [-0.3, -0.25) is 4.98 Å². The summed E-state index contributed by atoms with van der Waals surface area (Å²) in [4.78, 5) is 32.2. The van der Waals surface area contributed by atoms with Crippen LogP contribution in [0.2, 0.25) is 5.02 Å². The number of aromatic nitrogens is 1. The standard InChI is InChI=1S/C38H46ClN3O5/c1-5-45-36(43)33(41-37(44)47-38(2,3)4)24-26-9-14-31(15-10-26)46-23-7-20-42-21-17-27(18-22-42)34-32-16-13-30(39)25-29(32)12-11-28-8-6-19-40-35(28)34/h6,8-10,13-16,19,25,33H,5,7,11-12,17-18,20-24H2,1-4H3,(H,41,44)/t33-/m0/s1. The maximum atomic E-state index is 12.5. The van der Waals surface area contributed by atoms with E-state index < -0.39 is 23.7 Å². The van der Waals surface area contributed by atoms with Gasteiger partial charge >= 0.3 is 12.1 Å². The average molecular weight is 660 g/mol. The van der Waals surface area contributed by atoms with E-state index in [2.05, 4.69) is 28.4 Å². The Morgan fingerprint density at radius 3 is 2.47 bits per heavy atom. The lowest BCUT2D eigenvalue weighted by atomic mass is 9.88. The molecule has 250 valence electrons. The summed E-state index contributed by atoms with van der Waals surface area (Å²) in [5.74, 6) is 0.274. The molecule has 0 unspecified atom stereocenters. The first kappa shape index (κ1) is 34.5. The average Bonchev–Trinajstić information content (AvgIpc) is 3.20. The van der Waals surface area contributed by atoms with Gasteiger partial charge in [0.05, 0.1) is 18.9 Å². The van der Waals surface area contributed by atoms with E-state index in [1.54, 1.807) is 27.7 Å².